The lowest BCUT2D eigenvalue weighted by atomic mass is 9.61. The van der Waals surface area contributed by atoms with E-state index in [-0.39, 0.29) is 5.41 Å². The first kappa shape index (κ1) is 24.0. The first-order valence-electron chi connectivity index (χ1n) is 11.8. The second-order valence-corrected chi connectivity index (χ2v) is 10.2. The van der Waals surface area contributed by atoms with Crippen molar-refractivity contribution in [3.63, 3.8) is 0 Å². The summed E-state index contributed by atoms with van der Waals surface area (Å²) >= 11 is 0. The summed E-state index contributed by atoms with van der Waals surface area (Å²) < 4.78 is 0. The van der Waals surface area contributed by atoms with Gasteiger partial charge < -0.3 is 10.2 Å². The van der Waals surface area contributed by atoms with Crippen LogP contribution in [0, 0.1) is 23.2 Å². The molecule has 1 amide bonds. The van der Waals surface area contributed by atoms with Gasteiger partial charge in [-0.25, -0.2) is 5.48 Å². The van der Waals surface area contributed by atoms with Gasteiger partial charge in [-0.05, 0) is 81.5 Å². The molecule has 3 aliphatic rings. The number of carbonyl (C=O) groups excluding carboxylic acids is 1. The van der Waals surface area contributed by atoms with Crippen molar-refractivity contribution in [1.82, 2.24) is 5.48 Å². The molecular formula is C26H39NO4. The van der Waals surface area contributed by atoms with E-state index in [1.54, 1.807) is 11.6 Å². The second kappa shape index (κ2) is 10.3. The molecule has 4 N–H and O–H groups in total. The van der Waals surface area contributed by atoms with Crippen LogP contribution in [0.4, 0.5) is 0 Å². The molecule has 172 valence electrons. The fourth-order valence-corrected chi connectivity index (χ4v) is 6.50. The molecule has 0 saturated heterocycles. The van der Waals surface area contributed by atoms with Gasteiger partial charge in [0.2, 0.25) is 0 Å². The maximum absolute atomic E-state index is 11.2. The first-order chi connectivity index (χ1) is 14.7. The summed E-state index contributed by atoms with van der Waals surface area (Å²) in [6.45, 7) is 6.74. The fourth-order valence-electron chi connectivity index (χ4n) is 6.50. The van der Waals surface area contributed by atoms with Crippen LogP contribution in [0.2, 0.25) is 0 Å². The average Bonchev–Trinajstić information content (AvgIpc) is 3.07. The molecule has 0 aromatic rings. The Morgan fingerprint density at radius 1 is 1.16 bits per heavy atom. The fraction of sp³-hybridized carbons (Fsp3) is 0.654. The third kappa shape index (κ3) is 5.76. The number of hydrogen-bond acceptors (Lipinski definition) is 4. The molecule has 3 rings (SSSR count). The number of aliphatic hydroxyl groups is 2. The van der Waals surface area contributed by atoms with Crippen molar-refractivity contribution < 1.29 is 20.2 Å². The van der Waals surface area contributed by atoms with Crippen LogP contribution in [-0.4, -0.2) is 33.5 Å². The van der Waals surface area contributed by atoms with E-state index in [1.807, 2.05) is 6.92 Å². The summed E-state index contributed by atoms with van der Waals surface area (Å²) in [7, 11) is 0. The smallest absolute Gasteiger partial charge is 0.267 e. The minimum Gasteiger partial charge on any atom is -0.393 e. The van der Waals surface area contributed by atoms with Crippen LogP contribution in [0.1, 0.15) is 72.1 Å². The van der Waals surface area contributed by atoms with Crippen molar-refractivity contribution in [2.24, 2.45) is 23.2 Å². The van der Waals surface area contributed by atoms with Gasteiger partial charge in [-0.1, -0.05) is 54.9 Å². The molecule has 0 aliphatic heterocycles. The van der Waals surface area contributed by atoms with Crippen molar-refractivity contribution in [3.05, 3.63) is 47.1 Å². The quantitative estimate of drug-likeness (QED) is 0.222. The Hall–Kier alpha value is -1.69. The monoisotopic (exact) mass is 429 g/mol. The molecular weight excluding hydrogens is 390 g/mol. The minimum absolute atomic E-state index is 0.274. The Bertz CT molecular complexity index is 768. The molecule has 3 saturated carbocycles. The van der Waals surface area contributed by atoms with Gasteiger partial charge in [-0.3, -0.25) is 10.0 Å². The topological polar surface area (TPSA) is 89.8 Å². The number of fused-ring (bicyclic) bond motifs is 1. The van der Waals surface area contributed by atoms with Gasteiger partial charge in [0.1, 0.15) is 0 Å². The van der Waals surface area contributed by atoms with Crippen molar-refractivity contribution >= 4 is 5.91 Å². The Kier molecular flexibility index (Phi) is 7.95. The third-order valence-electron chi connectivity index (χ3n) is 7.88. The summed E-state index contributed by atoms with van der Waals surface area (Å²) in [5, 5.41) is 28.6. The van der Waals surface area contributed by atoms with E-state index in [0.717, 1.165) is 17.6 Å². The van der Waals surface area contributed by atoms with E-state index in [9.17, 15) is 15.0 Å². The average molecular weight is 430 g/mol. The van der Waals surface area contributed by atoms with E-state index in [4.69, 9.17) is 5.21 Å². The summed E-state index contributed by atoms with van der Waals surface area (Å²) in [6.07, 6.45) is 16.8. The van der Waals surface area contributed by atoms with Gasteiger partial charge in [0.05, 0.1) is 12.2 Å². The number of allylic oxidation sites excluding steroid dienone is 6. The predicted molar refractivity (Wildman–Crippen MR) is 122 cm³/mol. The van der Waals surface area contributed by atoms with Gasteiger partial charge in [-0.2, -0.15) is 0 Å². The normalized spacial score (nSPS) is 37.9. The molecule has 0 aromatic heterocycles. The largest absolute Gasteiger partial charge is 0.393 e. The number of hydroxylamine groups is 1. The second-order valence-electron chi connectivity index (χ2n) is 10.2. The zero-order valence-electron chi connectivity index (χ0n) is 19.2. The lowest BCUT2D eigenvalue weighted by molar-refractivity contribution is -0.124. The van der Waals surface area contributed by atoms with Crippen LogP contribution < -0.4 is 5.48 Å². The highest BCUT2D eigenvalue weighted by Crippen LogP contribution is 2.59. The Morgan fingerprint density at radius 3 is 2.55 bits per heavy atom. The van der Waals surface area contributed by atoms with Gasteiger partial charge >= 0.3 is 0 Å². The van der Waals surface area contributed by atoms with Crippen LogP contribution in [0.3, 0.4) is 0 Å². The highest BCUT2D eigenvalue weighted by atomic mass is 16.5. The minimum atomic E-state index is -0.512. The molecule has 3 aliphatic carbocycles. The molecule has 5 heteroatoms. The maximum Gasteiger partial charge on any atom is 0.267 e. The standard InChI is InChI=1S/C26H39NO4/c1-17(6-11-25(30)27-31)13-18(2)23-9-10-24-20(5-4-12-26(23,24)3)8-7-19-14-21(28)16-22(29)15-19/h6-8,11,13,18,21-24,28-29,31H,4-5,9-10,12,14-16H2,1-3H3,(H,27,30)/b11-6+,17-13+,19-7?,20-8+/t18-,21-,22+,23-,24+,26-/m1/s1. The lowest BCUT2D eigenvalue weighted by Crippen LogP contribution is -2.35. The molecule has 0 unspecified atom stereocenters. The number of aliphatic hydroxyl groups excluding tert-OH is 2. The van der Waals surface area contributed by atoms with Crippen LogP contribution >= 0.6 is 0 Å². The highest BCUT2D eigenvalue weighted by molar-refractivity contribution is 5.86. The molecule has 0 aromatic carbocycles. The van der Waals surface area contributed by atoms with Gasteiger partial charge in [-0.15, -0.1) is 0 Å². The summed E-state index contributed by atoms with van der Waals surface area (Å²) in [5.74, 6) is 1.09. The summed E-state index contributed by atoms with van der Waals surface area (Å²) in [4.78, 5) is 11.2. The van der Waals surface area contributed by atoms with Crippen molar-refractivity contribution in [1.29, 1.82) is 0 Å². The molecule has 5 nitrogen and oxygen atoms in total. The molecule has 31 heavy (non-hydrogen) atoms. The Labute approximate surface area is 186 Å². The molecule has 0 heterocycles. The van der Waals surface area contributed by atoms with E-state index in [2.05, 4.69) is 32.1 Å². The number of nitrogens with one attached hydrogen (secondary N) is 1. The summed E-state index contributed by atoms with van der Waals surface area (Å²) in [5.41, 5.74) is 5.63. The van der Waals surface area contributed by atoms with Crippen molar-refractivity contribution in [2.75, 3.05) is 0 Å². The van der Waals surface area contributed by atoms with Gasteiger partial charge in [0, 0.05) is 6.08 Å². The predicted octanol–water partition coefficient (Wildman–Crippen LogP) is 4.61. The van der Waals surface area contributed by atoms with Gasteiger partial charge in [0.15, 0.2) is 0 Å². The Morgan fingerprint density at radius 2 is 1.87 bits per heavy atom. The van der Waals surface area contributed by atoms with E-state index >= 15 is 0 Å². The summed E-state index contributed by atoms with van der Waals surface area (Å²) in [6, 6.07) is 0. The van der Waals surface area contributed by atoms with E-state index < -0.39 is 18.1 Å². The molecule has 3 fully saturated rings. The molecule has 6 atom stereocenters. The number of rotatable bonds is 5. The van der Waals surface area contributed by atoms with Crippen LogP contribution in [0.25, 0.3) is 0 Å². The third-order valence-corrected chi connectivity index (χ3v) is 7.88. The van der Waals surface area contributed by atoms with E-state index in [0.29, 0.717) is 37.0 Å². The zero-order valence-corrected chi connectivity index (χ0v) is 19.2. The SMILES string of the molecule is CC(/C=C/C(=O)NO)=C\[C@@H](C)[C@H]1CC[C@H]2/C(=C/C=C3C[C@@H](O)C[C@@H](O)C3)CCC[C@]12C. The first-order valence-corrected chi connectivity index (χ1v) is 11.8. The van der Waals surface area contributed by atoms with Crippen LogP contribution in [0.5, 0.6) is 0 Å². The van der Waals surface area contributed by atoms with Crippen LogP contribution in [0.15, 0.2) is 47.1 Å². The molecule has 0 radical (unpaired) electrons. The number of carbonyl (C=O) groups is 1. The van der Waals surface area contributed by atoms with E-state index in [1.165, 1.54) is 37.3 Å². The highest BCUT2D eigenvalue weighted by Gasteiger charge is 2.50. The molecule has 0 bridgehead atoms. The number of amides is 1. The Balaban J connectivity index is 1.73. The maximum atomic E-state index is 11.2. The van der Waals surface area contributed by atoms with Crippen molar-refractivity contribution in [2.45, 2.75) is 84.3 Å². The van der Waals surface area contributed by atoms with Gasteiger partial charge in [0.25, 0.3) is 5.91 Å². The van der Waals surface area contributed by atoms with Crippen molar-refractivity contribution in [3.8, 4) is 0 Å². The van der Waals surface area contributed by atoms with Crippen LogP contribution in [-0.2, 0) is 4.79 Å². The zero-order chi connectivity index (χ0) is 22.6. The lowest BCUT2D eigenvalue weighted by Gasteiger charge is -2.44. The number of hydrogen-bond donors (Lipinski definition) is 4. The molecule has 0 spiro atoms.